The average Bonchev–Trinajstić information content (AvgIpc) is 3.03. The lowest BCUT2D eigenvalue weighted by Crippen LogP contribution is -2.16. The SMILES string of the molecule is COc1ccc(CCOC(=O)Nc2c(C)noc2-c2ccc(Br)cc2)cc1. The van der Waals surface area contributed by atoms with Crippen LogP contribution in [-0.2, 0) is 11.2 Å². The second-order valence-electron chi connectivity index (χ2n) is 5.84. The van der Waals surface area contributed by atoms with E-state index in [0.717, 1.165) is 21.3 Å². The van der Waals surface area contributed by atoms with Gasteiger partial charge in [0.05, 0.1) is 13.7 Å². The summed E-state index contributed by atoms with van der Waals surface area (Å²) in [5.74, 6) is 1.29. The Morgan fingerprint density at radius 3 is 2.52 bits per heavy atom. The topological polar surface area (TPSA) is 73.6 Å². The first-order valence-corrected chi connectivity index (χ1v) is 9.15. The molecule has 0 unspecified atom stereocenters. The fourth-order valence-corrected chi connectivity index (χ4v) is 2.77. The first kappa shape index (κ1) is 19.0. The number of nitrogens with one attached hydrogen (secondary N) is 1. The van der Waals surface area contributed by atoms with E-state index in [4.69, 9.17) is 14.0 Å². The van der Waals surface area contributed by atoms with E-state index in [0.29, 0.717) is 23.6 Å². The minimum Gasteiger partial charge on any atom is -0.497 e. The Morgan fingerprint density at radius 1 is 1.15 bits per heavy atom. The molecule has 0 radical (unpaired) electrons. The molecule has 27 heavy (non-hydrogen) atoms. The van der Waals surface area contributed by atoms with Crippen LogP contribution in [0.25, 0.3) is 11.3 Å². The van der Waals surface area contributed by atoms with E-state index >= 15 is 0 Å². The Bertz CT molecular complexity index is 905. The molecule has 1 N–H and O–H groups in total. The lowest BCUT2D eigenvalue weighted by molar-refractivity contribution is 0.163. The summed E-state index contributed by atoms with van der Waals surface area (Å²) in [7, 11) is 1.62. The van der Waals surface area contributed by atoms with Gasteiger partial charge in [-0.15, -0.1) is 0 Å². The molecule has 140 valence electrons. The van der Waals surface area contributed by atoms with Gasteiger partial charge in [-0.05, 0) is 48.9 Å². The van der Waals surface area contributed by atoms with E-state index in [1.54, 1.807) is 14.0 Å². The number of carbonyl (C=O) groups excluding carboxylic acids is 1. The molecule has 2 aromatic carbocycles. The van der Waals surface area contributed by atoms with Crippen LogP contribution in [0.15, 0.2) is 57.5 Å². The first-order valence-electron chi connectivity index (χ1n) is 8.35. The zero-order valence-corrected chi connectivity index (χ0v) is 16.6. The molecular weight excluding hydrogens is 412 g/mol. The van der Waals surface area contributed by atoms with E-state index in [-0.39, 0.29) is 6.61 Å². The molecule has 0 aliphatic rings. The van der Waals surface area contributed by atoms with Crippen molar-refractivity contribution < 1.29 is 18.8 Å². The van der Waals surface area contributed by atoms with Crippen LogP contribution in [0, 0.1) is 6.92 Å². The molecule has 1 amide bonds. The van der Waals surface area contributed by atoms with E-state index < -0.39 is 6.09 Å². The van der Waals surface area contributed by atoms with E-state index in [2.05, 4.69) is 26.4 Å². The highest BCUT2D eigenvalue weighted by Crippen LogP contribution is 2.31. The number of benzene rings is 2. The van der Waals surface area contributed by atoms with Crippen LogP contribution in [0.1, 0.15) is 11.3 Å². The molecule has 1 heterocycles. The fourth-order valence-electron chi connectivity index (χ4n) is 2.51. The molecule has 1 aromatic heterocycles. The highest BCUT2D eigenvalue weighted by atomic mass is 79.9. The maximum absolute atomic E-state index is 12.2. The largest absolute Gasteiger partial charge is 0.497 e. The van der Waals surface area contributed by atoms with Crippen LogP contribution in [0.5, 0.6) is 5.75 Å². The maximum atomic E-state index is 12.2. The van der Waals surface area contributed by atoms with E-state index in [1.165, 1.54) is 0 Å². The Kier molecular flexibility index (Phi) is 6.13. The Morgan fingerprint density at radius 2 is 1.85 bits per heavy atom. The average molecular weight is 431 g/mol. The second-order valence-corrected chi connectivity index (χ2v) is 6.75. The van der Waals surface area contributed by atoms with Crippen LogP contribution >= 0.6 is 15.9 Å². The second kappa shape index (κ2) is 8.73. The van der Waals surface area contributed by atoms with Gasteiger partial charge in [-0.2, -0.15) is 0 Å². The highest BCUT2D eigenvalue weighted by molar-refractivity contribution is 9.10. The fraction of sp³-hybridized carbons (Fsp3) is 0.200. The lowest BCUT2D eigenvalue weighted by atomic mass is 10.1. The molecule has 3 rings (SSSR count). The van der Waals surface area contributed by atoms with Crippen molar-refractivity contribution in [1.29, 1.82) is 0 Å². The van der Waals surface area contributed by atoms with Gasteiger partial charge in [0, 0.05) is 16.5 Å². The number of hydrogen-bond donors (Lipinski definition) is 1. The number of rotatable bonds is 6. The van der Waals surface area contributed by atoms with Gasteiger partial charge in [0.2, 0.25) is 0 Å². The van der Waals surface area contributed by atoms with Crippen molar-refractivity contribution in [3.8, 4) is 17.1 Å². The third-order valence-corrected chi connectivity index (χ3v) is 4.51. The number of halogens is 1. The minimum absolute atomic E-state index is 0.260. The van der Waals surface area contributed by atoms with Crippen molar-refractivity contribution in [3.05, 3.63) is 64.3 Å². The summed E-state index contributed by atoms with van der Waals surface area (Å²) in [4.78, 5) is 12.2. The Balaban J connectivity index is 1.59. The van der Waals surface area contributed by atoms with Gasteiger partial charge < -0.3 is 14.0 Å². The molecule has 7 heteroatoms. The minimum atomic E-state index is -0.548. The zero-order chi connectivity index (χ0) is 19.2. The number of nitrogens with zero attached hydrogens (tertiary/aromatic N) is 1. The van der Waals surface area contributed by atoms with Crippen molar-refractivity contribution >= 4 is 27.7 Å². The number of anilines is 1. The summed E-state index contributed by atoms with van der Waals surface area (Å²) in [5, 5.41) is 6.67. The zero-order valence-electron chi connectivity index (χ0n) is 15.0. The number of aromatic nitrogens is 1. The van der Waals surface area contributed by atoms with E-state index in [1.807, 2.05) is 48.5 Å². The van der Waals surface area contributed by atoms with Gasteiger partial charge in [-0.1, -0.05) is 33.2 Å². The smallest absolute Gasteiger partial charge is 0.411 e. The van der Waals surface area contributed by atoms with E-state index in [9.17, 15) is 4.79 Å². The maximum Gasteiger partial charge on any atom is 0.411 e. The number of amides is 1. The predicted octanol–water partition coefficient (Wildman–Crippen LogP) is 5.21. The Hall–Kier alpha value is -2.80. The Labute approximate surface area is 165 Å². The van der Waals surface area contributed by atoms with Crippen molar-refractivity contribution in [2.75, 3.05) is 19.0 Å². The summed E-state index contributed by atoms with van der Waals surface area (Å²) >= 11 is 3.39. The number of hydrogen-bond acceptors (Lipinski definition) is 5. The van der Waals surface area contributed by atoms with Gasteiger partial charge in [0.1, 0.15) is 17.1 Å². The molecule has 0 atom stereocenters. The van der Waals surface area contributed by atoms with Crippen LogP contribution in [0.2, 0.25) is 0 Å². The van der Waals surface area contributed by atoms with Crippen LogP contribution in [0.4, 0.5) is 10.5 Å². The van der Waals surface area contributed by atoms with Gasteiger partial charge in [-0.25, -0.2) is 4.79 Å². The molecule has 0 saturated carbocycles. The molecule has 3 aromatic rings. The third kappa shape index (κ3) is 4.89. The normalized spacial score (nSPS) is 10.5. The molecule has 0 saturated heterocycles. The number of ether oxygens (including phenoxy) is 2. The van der Waals surface area contributed by atoms with Crippen molar-refractivity contribution in [2.45, 2.75) is 13.3 Å². The van der Waals surface area contributed by atoms with Gasteiger partial charge in [-0.3, -0.25) is 5.32 Å². The molecule has 0 spiro atoms. The standard InChI is InChI=1S/C20H19BrN2O4/c1-13-18(19(27-23-13)15-5-7-16(21)8-6-15)22-20(24)26-12-11-14-3-9-17(25-2)10-4-14/h3-10H,11-12H2,1-2H3,(H,22,24). The number of methoxy groups -OCH3 is 1. The molecule has 0 aliphatic carbocycles. The first-order chi connectivity index (χ1) is 13.1. The highest BCUT2D eigenvalue weighted by Gasteiger charge is 2.18. The van der Waals surface area contributed by atoms with Crippen LogP contribution < -0.4 is 10.1 Å². The van der Waals surface area contributed by atoms with Gasteiger partial charge in [0.15, 0.2) is 5.76 Å². The summed E-state index contributed by atoms with van der Waals surface area (Å²) < 4.78 is 16.7. The van der Waals surface area contributed by atoms with Crippen LogP contribution in [-0.4, -0.2) is 25.0 Å². The van der Waals surface area contributed by atoms with Gasteiger partial charge in [0.25, 0.3) is 0 Å². The van der Waals surface area contributed by atoms with Crippen molar-refractivity contribution in [3.63, 3.8) is 0 Å². The molecule has 0 bridgehead atoms. The predicted molar refractivity (Wildman–Crippen MR) is 106 cm³/mol. The number of aryl methyl sites for hydroxylation is 1. The summed E-state index contributed by atoms with van der Waals surface area (Å²) in [6, 6.07) is 15.2. The molecular formula is C20H19BrN2O4. The van der Waals surface area contributed by atoms with Crippen molar-refractivity contribution in [2.24, 2.45) is 0 Å². The monoisotopic (exact) mass is 430 g/mol. The summed E-state index contributed by atoms with van der Waals surface area (Å²) in [5.41, 5.74) is 2.96. The quantitative estimate of drug-likeness (QED) is 0.580. The number of carbonyl (C=O) groups is 1. The summed E-state index contributed by atoms with van der Waals surface area (Å²) in [6.07, 6.45) is 0.0627. The molecule has 0 aliphatic heterocycles. The summed E-state index contributed by atoms with van der Waals surface area (Å²) in [6.45, 7) is 2.02. The third-order valence-electron chi connectivity index (χ3n) is 3.98. The van der Waals surface area contributed by atoms with Gasteiger partial charge >= 0.3 is 6.09 Å². The van der Waals surface area contributed by atoms with Crippen molar-refractivity contribution in [1.82, 2.24) is 5.16 Å². The molecule has 0 fully saturated rings. The lowest BCUT2D eigenvalue weighted by Gasteiger charge is -2.08. The van der Waals surface area contributed by atoms with Crippen LogP contribution in [0.3, 0.4) is 0 Å². The molecule has 6 nitrogen and oxygen atoms in total.